The highest BCUT2D eigenvalue weighted by atomic mass is 19.4. The normalized spacial score (nSPS) is 11.3. The first kappa shape index (κ1) is 16.8. The predicted octanol–water partition coefficient (Wildman–Crippen LogP) is 3.93. The van der Waals surface area contributed by atoms with Crippen LogP contribution < -0.4 is 4.74 Å². The van der Waals surface area contributed by atoms with Gasteiger partial charge in [0, 0.05) is 23.5 Å². The molecule has 0 unspecified atom stereocenters. The molecule has 0 saturated heterocycles. The highest BCUT2D eigenvalue weighted by Crippen LogP contribution is 2.35. The Morgan fingerprint density at radius 2 is 2.00 bits per heavy atom. The highest BCUT2D eigenvalue weighted by Gasteiger charge is 2.31. The number of nitrogens with zero attached hydrogens (tertiary/aromatic N) is 1. The fourth-order valence-corrected chi connectivity index (χ4v) is 1.99. The Morgan fingerprint density at radius 1 is 1.26 bits per heavy atom. The quantitative estimate of drug-likeness (QED) is 0.905. The summed E-state index contributed by atoms with van der Waals surface area (Å²) < 4.78 is 43.8. The Balaban J connectivity index is 2.38. The van der Waals surface area contributed by atoms with Gasteiger partial charge in [0.15, 0.2) is 0 Å². The van der Waals surface area contributed by atoms with Crippen molar-refractivity contribution in [2.75, 3.05) is 6.61 Å². The van der Waals surface area contributed by atoms with Crippen molar-refractivity contribution >= 4 is 5.97 Å². The number of aryl methyl sites for hydroxylation is 1. The summed E-state index contributed by atoms with van der Waals surface area (Å²) in [5.74, 6) is -0.697. The minimum absolute atomic E-state index is 0.0716. The zero-order valence-corrected chi connectivity index (χ0v) is 12.2. The number of hydrogen-bond acceptors (Lipinski definition) is 3. The summed E-state index contributed by atoms with van der Waals surface area (Å²) >= 11 is 0. The lowest BCUT2D eigenvalue weighted by Gasteiger charge is -2.13. The van der Waals surface area contributed by atoms with E-state index in [1.165, 1.54) is 6.20 Å². The molecule has 0 atom stereocenters. The number of halogens is 3. The molecule has 0 aliphatic heterocycles. The van der Waals surface area contributed by atoms with Gasteiger partial charge in [0.2, 0.25) is 0 Å². The van der Waals surface area contributed by atoms with Crippen molar-refractivity contribution in [2.24, 2.45) is 0 Å². The molecule has 2 aromatic rings. The van der Waals surface area contributed by atoms with E-state index in [9.17, 15) is 18.0 Å². The lowest BCUT2D eigenvalue weighted by molar-refractivity contribution is -0.138. The van der Waals surface area contributed by atoms with E-state index < -0.39 is 17.7 Å². The number of ether oxygens (including phenoxy) is 1. The third-order valence-electron chi connectivity index (χ3n) is 3.09. The van der Waals surface area contributed by atoms with Gasteiger partial charge >= 0.3 is 12.1 Å². The van der Waals surface area contributed by atoms with Crippen molar-refractivity contribution in [1.29, 1.82) is 0 Å². The third kappa shape index (κ3) is 4.45. The summed E-state index contributed by atoms with van der Waals surface area (Å²) in [5, 5.41) is 8.63. The van der Waals surface area contributed by atoms with Crippen molar-refractivity contribution in [3.63, 3.8) is 0 Å². The smallest absolute Gasteiger partial charge is 0.417 e. The Hall–Kier alpha value is -2.57. The SMILES string of the molecule is Cc1ccc(OCCC(=O)O)c(-c2cncc(C(F)(F)F)c2)c1. The molecule has 1 aromatic carbocycles. The average molecular weight is 325 g/mol. The Morgan fingerprint density at radius 3 is 2.65 bits per heavy atom. The first-order valence-corrected chi connectivity index (χ1v) is 6.75. The molecule has 2 rings (SSSR count). The van der Waals surface area contributed by atoms with Crippen LogP contribution >= 0.6 is 0 Å². The van der Waals surface area contributed by atoms with Gasteiger partial charge in [0.25, 0.3) is 0 Å². The molecule has 0 aliphatic carbocycles. The van der Waals surface area contributed by atoms with Crippen molar-refractivity contribution < 1.29 is 27.8 Å². The van der Waals surface area contributed by atoms with Gasteiger partial charge in [-0.25, -0.2) is 0 Å². The summed E-state index contributed by atoms with van der Waals surface area (Å²) in [6.07, 6.45) is -2.62. The molecule has 0 bridgehead atoms. The van der Waals surface area contributed by atoms with E-state index in [1.54, 1.807) is 25.1 Å². The van der Waals surface area contributed by atoms with Crippen LogP contribution in [0, 0.1) is 6.92 Å². The second kappa shape index (κ2) is 6.68. The summed E-state index contributed by atoms with van der Waals surface area (Å²) in [5.41, 5.74) is 0.679. The Bertz CT molecular complexity index is 714. The molecule has 0 aliphatic rings. The standard InChI is InChI=1S/C16H14F3NO3/c1-10-2-3-14(23-5-4-15(21)22)13(6-10)11-7-12(9-20-8-11)16(17,18)19/h2-3,6-9H,4-5H2,1H3,(H,21,22). The summed E-state index contributed by atoms with van der Waals surface area (Å²) in [6.45, 7) is 1.73. The van der Waals surface area contributed by atoms with Crippen LogP contribution in [0.25, 0.3) is 11.1 Å². The summed E-state index contributed by atoms with van der Waals surface area (Å²) in [7, 11) is 0. The van der Waals surface area contributed by atoms with Crippen molar-refractivity contribution in [3.8, 4) is 16.9 Å². The summed E-state index contributed by atoms with van der Waals surface area (Å²) in [4.78, 5) is 14.2. The third-order valence-corrected chi connectivity index (χ3v) is 3.09. The molecule has 0 fully saturated rings. The molecule has 122 valence electrons. The number of aromatic nitrogens is 1. The minimum atomic E-state index is -4.49. The molecule has 23 heavy (non-hydrogen) atoms. The topological polar surface area (TPSA) is 59.4 Å². The van der Waals surface area contributed by atoms with E-state index in [4.69, 9.17) is 9.84 Å². The number of benzene rings is 1. The largest absolute Gasteiger partial charge is 0.492 e. The first-order valence-electron chi connectivity index (χ1n) is 6.75. The predicted molar refractivity (Wildman–Crippen MR) is 77.2 cm³/mol. The number of carboxylic acid groups (broad SMARTS) is 1. The van der Waals surface area contributed by atoms with Gasteiger partial charge in [-0.3, -0.25) is 9.78 Å². The molecule has 0 saturated carbocycles. The van der Waals surface area contributed by atoms with Crippen molar-refractivity contribution in [2.45, 2.75) is 19.5 Å². The second-order valence-corrected chi connectivity index (χ2v) is 4.95. The number of rotatable bonds is 5. The van der Waals surface area contributed by atoms with E-state index in [2.05, 4.69) is 4.98 Å². The van der Waals surface area contributed by atoms with E-state index in [1.807, 2.05) is 0 Å². The van der Waals surface area contributed by atoms with Crippen LogP contribution in [0.5, 0.6) is 5.75 Å². The van der Waals surface area contributed by atoms with E-state index in [0.29, 0.717) is 11.3 Å². The van der Waals surface area contributed by atoms with Crippen LogP contribution in [-0.2, 0) is 11.0 Å². The van der Waals surface area contributed by atoms with Gasteiger partial charge in [-0.2, -0.15) is 13.2 Å². The second-order valence-electron chi connectivity index (χ2n) is 4.95. The molecule has 7 heteroatoms. The van der Waals surface area contributed by atoms with E-state index in [-0.39, 0.29) is 18.6 Å². The molecular formula is C16H14F3NO3. The van der Waals surface area contributed by atoms with Crippen LogP contribution in [-0.4, -0.2) is 22.7 Å². The van der Waals surface area contributed by atoms with Crippen LogP contribution in [0.2, 0.25) is 0 Å². The van der Waals surface area contributed by atoms with E-state index in [0.717, 1.165) is 17.8 Å². The Labute approximate surface area is 130 Å². The van der Waals surface area contributed by atoms with Crippen molar-refractivity contribution in [3.05, 3.63) is 47.8 Å². The number of hydrogen-bond donors (Lipinski definition) is 1. The maximum Gasteiger partial charge on any atom is 0.417 e. The number of aliphatic carboxylic acids is 1. The zero-order valence-electron chi connectivity index (χ0n) is 12.2. The molecular weight excluding hydrogens is 311 g/mol. The average Bonchev–Trinajstić information content (AvgIpc) is 2.47. The highest BCUT2D eigenvalue weighted by molar-refractivity contribution is 5.71. The van der Waals surface area contributed by atoms with Gasteiger partial charge in [-0.15, -0.1) is 0 Å². The van der Waals surface area contributed by atoms with Crippen LogP contribution in [0.4, 0.5) is 13.2 Å². The van der Waals surface area contributed by atoms with Crippen LogP contribution in [0.1, 0.15) is 17.5 Å². The summed E-state index contributed by atoms with van der Waals surface area (Å²) in [6, 6.07) is 6.01. The number of carboxylic acids is 1. The monoisotopic (exact) mass is 325 g/mol. The fraction of sp³-hybridized carbons (Fsp3) is 0.250. The van der Waals surface area contributed by atoms with Gasteiger partial charge in [-0.05, 0) is 25.1 Å². The van der Waals surface area contributed by atoms with Crippen LogP contribution in [0.3, 0.4) is 0 Å². The lowest BCUT2D eigenvalue weighted by atomic mass is 10.0. The molecule has 0 radical (unpaired) electrons. The van der Waals surface area contributed by atoms with Crippen LogP contribution in [0.15, 0.2) is 36.7 Å². The lowest BCUT2D eigenvalue weighted by Crippen LogP contribution is -2.07. The molecule has 1 heterocycles. The molecule has 1 N–H and O–H groups in total. The fourth-order valence-electron chi connectivity index (χ4n) is 1.99. The maximum absolute atomic E-state index is 12.8. The Kier molecular flexibility index (Phi) is 4.88. The first-order chi connectivity index (χ1) is 10.8. The van der Waals surface area contributed by atoms with Crippen molar-refractivity contribution in [1.82, 2.24) is 4.98 Å². The zero-order chi connectivity index (χ0) is 17.0. The number of alkyl halides is 3. The van der Waals surface area contributed by atoms with Gasteiger partial charge < -0.3 is 9.84 Å². The maximum atomic E-state index is 12.8. The molecule has 0 spiro atoms. The number of pyridine rings is 1. The van der Waals surface area contributed by atoms with E-state index >= 15 is 0 Å². The number of carbonyl (C=O) groups is 1. The van der Waals surface area contributed by atoms with Gasteiger partial charge in [0.05, 0.1) is 18.6 Å². The van der Waals surface area contributed by atoms with Gasteiger partial charge in [-0.1, -0.05) is 11.6 Å². The molecule has 0 amide bonds. The van der Waals surface area contributed by atoms with Gasteiger partial charge in [0.1, 0.15) is 5.75 Å². The molecule has 1 aromatic heterocycles. The molecule has 4 nitrogen and oxygen atoms in total. The minimum Gasteiger partial charge on any atom is -0.492 e.